The molecule has 5 rings (SSSR count). The molecule has 0 saturated carbocycles. The van der Waals surface area contributed by atoms with Gasteiger partial charge in [-0.3, -0.25) is 14.4 Å². The largest absolute Gasteiger partial charge is 0.469 e. The van der Waals surface area contributed by atoms with Crippen molar-refractivity contribution in [2.75, 3.05) is 4.90 Å². The number of anilines is 1. The number of furan rings is 1. The maximum Gasteiger partial charge on any atom is 0.254 e. The van der Waals surface area contributed by atoms with Gasteiger partial charge in [0.1, 0.15) is 28.6 Å². The number of hydrogen-bond donors (Lipinski definition) is 1. The van der Waals surface area contributed by atoms with E-state index in [9.17, 15) is 19.6 Å². The maximum atomic E-state index is 13.8. The van der Waals surface area contributed by atoms with Crippen molar-refractivity contribution in [2.24, 2.45) is 5.73 Å². The van der Waals surface area contributed by atoms with E-state index in [0.29, 0.717) is 17.0 Å². The number of imide groups is 1. The zero-order chi connectivity index (χ0) is 21.9. The van der Waals surface area contributed by atoms with Crippen molar-refractivity contribution in [3.8, 4) is 6.07 Å². The van der Waals surface area contributed by atoms with E-state index >= 15 is 0 Å². The summed E-state index contributed by atoms with van der Waals surface area (Å²) < 4.78 is 11.2. The van der Waals surface area contributed by atoms with Gasteiger partial charge in [-0.25, -0.2) is 4.90 Å². The molecule has 0 saturated heterocycles. The van der Waals surface area contributed by atoms with Gasteiger partial charge in [0, 0.05) is 31.2 Å². The highest BCUT2D eigenvalue weighted by Gasteiger charge is 2.63. The Hall–Kier alpha value is -4.12. The lowest BCUT2D eigenvalue weighted by Crippen LogP contribution is -2.50. The van der Waals surface area contributed by atoms with Crippen molar-refractivity contribution >= 4 is 23.3 Å². The second kappa shape index (κ2) is 6.44. The molecule has 1 spiro atoms. The number of allylic oxidation sites excluding steroid dienone is 1. The molecule has 1 aromatic heterocycles. The smallest absolute Gasteiger partial charge is 0.254 e. The third kappa shape index (κ3) is 2.31. The van der Waals surface area contributed by atoms with Gasteiger partial charge in [0.25, 0.3) is 5.91 Å². The van der Waals surface area contributed by atoms with Crippen LogP contribution >= 0.6 is 0 Å². The van der Waals surface area contributed by atoms with Crippen LogP contribution < -0.4 is 10.6 Å². The standard InChI is InChI=1S/C23H17N3O5/c1-12(27)26-16-6-3-2-5-14(16)23(22(26)29)15(11-24)21(25)31-19-10-13(9-17(28)20(19)23)18-7-4-8-30-18/h2-8,13H,9-10,25H2,1H3/t13-,23+/m0/s1. The van der Waals surface area contributed by atoms with E-state index in [1.54, 1.807) is 36.4 Å². The summed E-state index contributed by atoms with van der Waals surface area (Å²) in [5, 5.41) is 9.96. The zero-order valence-electron chi connectivity index (χ0n) is 16.5. The first-order chi connectivity index (χ1) is 14.9. The summed E-state index contributed by atoms with van der Waals surface area (Å²) in [5.74, 6) is -1.25. The fraction of sp³-hybridized carbons (Fsp3) is 0.217. The van der Waals surface area contributed by atoms with Gasteiger partial charge in [-0.1, -0.05) is 18.2 Å². The van der Waals surface area contributed by atoms with Crippen LogP contribution in [0.2, 0.25) is 0 Å². The minimum absolute atomic E-state index is 0.0715. The molecule has 3 aliphatic rings. The predicted molar refractivity (Wildman–Crippen MR) is 107 cm³/mol. The van der Waals surface area contributed by atoms with Gasteiger partial charge in [-0.2, -0.15) is 5.26 Å². The highest BCUT2D eigenvalue weighted by atomic mass is 16.5. The minimum Gasteiger partial charge on any atom is -0.469 e. The number of ketones is 1. The third-order valence-corrected chi connectivity index (χ3v) is 6.10. The third-order valence-electron chi connectivity index (χ3n) is 6.10. The van der Waals surface area contributed by atoms with E-state index < -0.39 is 17.2 Å². The van der Waals surface area contributed by atoms with Crippen LogP contribution in [0.15, 0.2) is 69.9 Å². The normalized spacial score (nSPS) is 24.8. The molecular formula is C23H17N3O5. The molecule has 0 unspecified atom stereocenters. The molecule has 2 amide bonds. The Morgan fingerprint density at radius 2 is 2.00 bits per heavy atom. The van der Waals surface area contributed by atoms with Crippen LogP contribution in [0.3, 0.4) is 0 Å². The average Bonchev–Trinajstić information content (AvgIpc) is 3.34. The van der Waals surface area contributed by atoms with Crippen molar-refractivity contribution in [1.29, 1.82) is 5.26 Å². The summed E-state index contributed by atoms with van der Waals surface area (Å²) in [6.07, 6.45) is 1.87. The number of nitrogens with zero attached hydrogens (tertiary/aromatic N) is 2. The molecule has 1 aliphatic carbocycles. The molecule has 2 aromatic rings. The minimum atomic E-state index is -1.81. The molecule has 0 radical (unpaired) electrons. The summed E-state index contributed by atoms with van der Waals surface area (Å²) in [5.41, 5.74) is 4.89. The van der Waals surface area contributed by atoms with Gasteiger partial charge in [0.05, 0.1) is 17.5 Å². The fourth-order valence-corrected chi connectivity index (χ4v) is 4.92. The van der Waals surface area contributed by atoms with E-state index in [2.05, 4.69) is 0 Å². The number of carbonyl (C=O) groups is 3. The molecule has 0 fully saturated rings. The summed E-state index contributed by atoms with van der Waals surface area (Å²) in [7, 11) is 0. The number of ether oxygens (including phenoxy) is 1. The van der Waals surface area contributed by atoms with E-state index in [4.69, 9.17) is 14.9 Å². The molecule has 8 heteroatoms. The van der Waals surface area contributed by atoms with Crippen molar-refractivity contribution in [3.05, 3.63) is 76.8 Å². The second-order valence-electron chi connectivity index (χ2n) is 7.72. The summed E-state index contributed by atoms with van der Waals surface area (Å²) in [4.78, 5) is 40.7. The molecule has 31 heavy (non-hydrogen) atoms. The average molecular weight is 415 g/mol. The van der Waals surface area contributed by atoms with Crippen LogP contribution in [-0.4, -0.2) is 17.6 Å². The van der Waals surface area contributed by atoms with Crippen molar-refractivity contribution in [3.63, 3.8) is 0 Å². The molecule has 0 bridgehead atoms. The van der Waals surface area contributed by atoms with Gasteiger partial charge in [0.2, 0.25) is 11.8 Å². The number of nitrogens with two attached hydrogens (primary N) is 1. The first-order valence-corrected chi connectivity index (χ1v) is 9.74. The van der Waals surface area contributed by atoms with E-state index in [0.717, 1.165) is 4.90 Å². The quantitative estimate of drug-likeness (QED) is 0.758. The van der Waals surface area contributed by atoms with E-state index in [1.807, 2.05) is 6.07 Å². The lowest BCUT2D eigenvalue weighted by Gasteiger charge is -2.38. The van der Waals surface area contributed by atoms with E-state index in [1.165, 1.54) is 13.2 Å². The Balaban J connectivity index is 1.80. The van der Waals surface area contributed by atoms with Gasteiger partial charge in [0.15, 0.2) is 5.78 Å². The van der Waals surface area contributed by atoms with Crippen LogP contribution in [0, 0.1) is 11.3 Å². The first-order valence-electron chi connectivity index (χ1n) is 9.74. The molecule has 1 aromatic carbocycles. The molecule has 154 valence electrons. The lowest BCUT2D eigenvalue weighted by molar-refractivity contribution is -0.128. The number of Topliss-reactive ketones (excluding diaryl/α,β-unsaturated/α-hetero) is 1. The number of rotatable bonds is 1. The summed E-state index contributed by atoms with van der Waals surface area (Å²) in [6.45, 7) is 1.26. The van der Waals surface area contributed by atoms with Crippen molar-refractivity contribution in [2.45, 2.75) is 31.1 Å². The zero-order valence-corrected chi connectivity index (χ0v) is 16.5. The summed E-state index contributed by atoms with van der Waals surface area (Å²) >= 11 is 0. The van der Waals surface area contributed by atoms with Crippen molar-refractivity contribution < 1.29 is 23.5 Å². The highest BCUT2D eigenvalue weighted by Crippen LogP contribution is 2.56. The van der Waals surface area contributed by atoms with Crippen LogP contribution in [0.5, 0.6) is 0 Å². The van der Waals surface area contributed by atoms with Gasteiger partial charge >= 0.3 is 0 Å². The van der Waals surface area contributed by atoms with Gasteiger partial charge in [-0.15, -0.1) is 0 Å². The van der Waals surface area contributed by atoms with Crippen LogP contribution in [0.1, 0.15) is 37.0 Å². The lowest BCUT2D eigenvalue weighted by atomic mass is 9.64. The van der Waals surface area contributed by atoms with E-state index in [-0.39, 0.29) is 47.3 Å². The molecular weight excluding hydrogens is 398 g/mol. The fourth-order valence-electron chi connectivity index (χ4n) is 4.92. The number of fused-ring (bicyclic) bond motifs is 3. The SMILES string of the molecule is CC(=O)N1C(=O)[C@@]2(C(C#N)=C(N)OC3=C2C(=O)C[C@H](c2ccco2)C3)c2ccccc21. The number of para-hydroxylation sites is 1. The molecule has 8 nitrogen and oxygen atoms in total. The molecule has 2 atom stereocenters. The Morgan fingerprint density at radius 3 is 2.68 bits per heavy atom. The van der Waals surface area contributed by atoms with Gasteiger partial charge < -0.3 is 14.9 Å². The molecule has 2 aliphatic heterocycles. The van der Waals surface area contributed by atoms with Crippen molar-refractivity contribution in [1.82, 2.24) is 0 Å². The Morgan fingerprint density at radius 1 is 1.23 bits per heavy atom. The Bertz CT molecular complexity index is 1260. The van der Waals surface area contributed by atoms with Crippen LogP contribution in [0.25, 0.3) is 0 Å². The Labute approximate surface area is 177 Å². The predicted octanol–water partition coefficient (Wildman–Crippen LogP) is 2.54. The monoisotopic (exact) mass is 415 g/mol. The number of benzene rings is 1. The topological polar surface area (TPSA) is 127 Å². The second-order valence-corrected chi connectivity index (χ2v) is 7.72. The summed E-state index contributed by atoms with van der Waals surface area (Å²) in [6, 6.07) is 12.1. The highest BCUT2D eigenvalue weighted by molar-refractivity contribution is 6.28. The maximum absolute atomic E-state index is 13.8. The van der Waals surface area contributed by atoms with Crippen LogP contribution in [0.4, 0.5) is 5.69 Å². The molecule has 3 heterocycles. The first kappa shape index (κ1) is 18.9. The Kier molecular flexibility index (Phi) is 3.92. The number of hydrogen-bond acceptors (Lipinski definition) is 7. The number of amides is 2. The van der Waals surface area contributed by atoms with Crippen LogP contribution in [-0.2, 0) is 24.5 Å². The van der Waals surface area contributed by atoms with Gasteiger partial charge in [-0.05, 0) is 18.2 Å². The number of nitriles is 1. The number of carbonyl (C=O) groups excluding carboxylic acids is 3. The molecule has 2 N–H and O–H groups in total.